The Morgan fingerprint density at radius 2 is 1.92 bits per heavy atom. The fourth-order valence-electron chi connectivity index (χ4n) is 1.82. The summed E-state index contributed by atoms with van der Waals surface area (Å²) in [6.45, 7) is 0. The third-order valence-electron chi connectivity index (χ3n) is 2.90. The maximum atomic E-state index is 12.4. The molecule has 0 N–H and O–H groups in total. The molecule has 3 aromatic rings. The molecule has 0 aliphatic carbocycles. The van der Waals surface area contributed by atoms with Crippen LogP contribution in [0, 0.1) is 0 Å². The van der Waals surface area contributed by atoms with Crippen LogP contribution in [0.15, 0.2) is 34.9 Å². The maximum Gasteiger partial charge on any atom is 0.455 e. The second kappa shape index (κ2) is 6.19. The normalized spacial score (nSPS) is 11.7. The SMILES string of the molecule is O=C(c1ccc(-c2nc(-c3ccc(Cl)cc3Cl)no2)s1)C(F)(F)F. The maximum absolute atomic E-state index is 12.4. The van der Waals surface area contributed by atoms with Gasteiger partial charge in [0.15, 0.2) is 0 Å². The number of carbonyl (C=O) groups is 1. The Morgan fingerprint density at radius 1 is 1.17 bits per heavy atom. The van der Waals surface area contributed by atoms with Gasteiger partial charge in [-0.3, -0.25) is 4.79 Å². The molecule has 0 aliphatic rings. The van der Waals surface area contributed by atoms with Gasteiger partial charge >= 0.3 is 6.18 Å². The van der Waals surface area contributed by atoms with E-state index in [1.54, 1.807) is 12.1 Å². The Labute approximate surface area is 146 Å². The van der Waals surface area contributed by atoms with Crippen molar-refractivity contribution in [2.45, 2.75) is 6.18 Å². The third-order valence-corrected chi connectivity index (χ3v) is 4.52. The summed E-state index contributed by atoms with van der Waals surface area (Å²) >= 11 is 12.5. The molecule has 2 aromatic heterocycles. The number of hydrogen-bond acceptors (Lipinski definition) is 5. The van der Waals surface area contributed by atoms with E-state index in [1.165, 1.54) is 12.1 Å². The number of carbonyl (C=O) groups excluding carboxylic acids is 1. The molecule has 0 saturated carbocycles. The Hall–Kier alpha value is -1.90. The van der Waals surface area contributed by atoms with Gasteiger partial charge < -0.3 is 4.52 Å². The summed E-state index contributed by atoms with van der Waals surface area (Å²) in [5.41, 5.74) is 0.458. The zero-order valence-corrected chi connectivity index (χ0v) is 13.7. The number of alkyl halides is 3. The lowest BCUT2D eigenvalue weighted by molar-refractivity contribution is -0.0882. The van der Waals surface area contributed by atoms with Gasteiger partial charge in [0, 0.05) is 10.6 Å². The largest absolute Gasteiger partial charge is 0.455 e. The Balaban J connectivity index is 1.92. The molecule has 124 valence electrons. The topological polar surface area (TPSA) is 56.0 Å². The van der Waals surface area contributed by atoms with Gasteiger partial charge in [-0.15, -0.1) is 11.3 Å². The van der Waals surface area contributed by atoms with Crippen LogP contribution in [-0.2, 0) is 0 Å². The molecular weight excluding hydrogens is 388 g/mol. The van der Waals surface area contributed by atoms with E-state index in [1.807, 2.05) is 0 Å². The number of benzene rings is 1. The molecule has 3 rings (SSSR count). The van der Waals surface area contributed by atoms with Gasteiger partial charge in [-0.1, -0.05) is 28.4 Å². The molecule has 0 unspecified atom stereocenters. The Morgan fingerprint density at radius 3 is 2.58 bits per heavy atom. The number of hydrogen-bond donors (Lipinski definition) is 0. The first-order valence-electron chi connectivity index (χ1n) is 6.26. The average molecular weight is 393 g/mol. The average Bonchev–Trinajstić information content (AvgIpc) is 3.14. The minimum absolute atomic E-state index is 0.0118. The van der Waals surface area contributed by atoms with Gasteiger partial charge in [0.1, 0.15) is 0 Å². The van der Waals surface area contributed by atoms with E-state index in [-0.39, 0.29) is 16.6 Å². The molecule has 0 radical (unpaired) electrons. The number of thiophene rings is 1. The summed E-state index contributed by atoms with van der Waals surface area (Å²) in [5.74, 6) is -1.77. The quantitative estimate of drug-likeness (QED) is 0.550. The van der Waals surface area contributed by atoms with Crippen LogP contribution in [0.3, 0.4) is 0 Å². The molecule has 0 fully saturated rings. The van der Waals surface area contributed by atoms with Gasteiger partial charge in [-0.05, 0) is 30.3 Å². The highest BCUT2D eigenvalue weighted by atomic mass is 35.5. The van der Waals surface area contributed by atoms with Gasteiger partial charge in [0.05, 0.1) is 14.8 Å². The van der Waals surface area contributed by atoms with Crippen molar-refractivity contribution in [2.75, 3.05) is 0 Å². The van der Waals surface area contributed by atoms with E-state index in [9.17, 15) is 18.0 Å². The van der Waals surface area contributed by atoms with Crippen LogP contribution in [-0.4, -0.2) is 22.1 Å². The summed E-state index contributed by atoms with van der Waals surface area (Å²) in [4.78, 5) is 15.1. The monoisotopic (exact) mass is 392 g/mol. The van der Waals surface area contributed by atoms with E-state index < -0.39 is 16.8 Å². The van der Waals surface area contributed by atoms with Crippen LogP contribution in [0.2, 0.25) is 10.0 Å². The van der Waals surface area contributed by atoms with Gasteiger partial charge in [0.25, 0.3) is 11.7 Å². The van der Waals surface area contributed by atoms with Gasteiger partial charge in [-0.25, -0.2) is 0 Å². The van der Waals surface area contributed by atoms with Crippen LogP contribution in [0.25, 0.3) is 22.2 Å². The summed E-state index contributed by atoms with van der Waals surface area (Å²) < 4.78 is 42.3. The van der Waals surface area contributed by atoms with Crippen molar-refractivity contribution in [1.29, 1.82) is 0 Å². The molecule has 4 nitrogen and oxygen atoms in total. The van der Waals surface area contributed by atoms with Crippen molar-refractivity contribution in [1.82, 2.24) is 10.1 Å². The van der Waals surface area contributed by atoms with Crippen LogP contribution in [0.1, 0.15) is 9.67 Å². The van der Waals surface area contributed by atoms with Crippen molar-refractivity contribution in [2.24, 2.45) is 0 Å². The molecule has 24 heavy (non-hydrogen) atoms. The molecule has 1 aromatic carbocycles. The van der Waals surface area contributed by atoms with E-state index in [0.29, 0.717) is 26.9 Å². The summed E-state index contributed by atoms with van der Waals surface area (Å²) in [6.07, 6.45) is -4.93. The highest BCUT2D eigenvalue weighted by molar-refractivity contribution is 7.17. The van der Waals surface area contributed by atoms with Crippen molar-refractivity contribution in [3.8, 4) is 22.2 Å². The summed E-state index contributed by atoms with van der Waals surface area (Å²) in [7, 11) is 0. The van der Waals surface area contributed by atoms with Crippen LogP contribution < -0.4 is 0 Å². The zero-order valence-electron chi connectivity index (χ0n) is 11.4. The highest BCUT2D eigenvalue weighted by Crippen LogP contribution is 2.34. The highest BCUT2D eigenvalue weighted by Gasteiger charge is 2.40. The number of aromatic nitrogens is 2. The number of nitrogens with zero attached hydrogens (tertiary/aromatic N) is 2. The van der Waals surface area contributed by atoms with Crippen LogP contribution >= 0.6 is 34.5 Å². The fraction of sp³-hybridized carbons (Fsp3) is 0.0714. The Kier molecular flexibility index (Phi) is 4.37. The number of ketones is 1. The fourth-order valence-corrected chi connectivity index (χ4v) is 3.20. The van der Waals surface area contributed by atoms with Crippen LogP contribution in [0.4, 0.5) is 13.2 Å². The third kappa shape index (κ3) is 3.31. The van der Waals surface area contributed by atoms with E-state index >= 15 is 0 Å². The minimum Gasteiger partial charge on any atom is -0.333 e. The molecule has 0 bridgehead atoms. The molecule has 10 heteroatoms. The van der Waals surface area contributed by atoms with Crippen molar-refractivity contribution in [3.05, 3.63) is 45.3 Å². The van der Waals surface area contributed by atoms with Crippen LogP contribution in [0.5, 0.6) is 0 Å². The van der Waals surface area contributed by atoms with Crippen molar-refractivity contribution >= 4 is 40.3 Å². The zero-order chi connectivity index (χ0) is 17.5. The number of rotatable bonds is 3. The van der Waals surface area contributed by atoms with Gasteiger partial charge in [-0.2, -0.15) is 18.2 Å². The predicted octanol–water partition coefficient (Wildman–Crippen LogP) is 5.52. The van der Waals surface area contributed by atoms with Crippen molar-refractivity contribution < 1.29 is 22.5 Å². The first-order valence-corrected chi connectivity index (χ1v) is 7.84. The summed E-state index contributed by atoms with van der Waals surface area (Å²) in [5, 5.41) is 4.47. The lowest BCUT2D eigenvalue weighted by Crippen LogP contribution is -2.21. The minimum atomic E-state index is -4.93. The summed E-state index contributed by atoms with van der Waals surface area (Å²) in [6, 6.07) is 7.05. The number of halogens is 5. The number of Topliss-reactive ketones (excluding diaryl/α,β-unsaturated/α-hetero) is 1. The van der Waals surface area contributed by atoms with E-state index in [0.717, 1.165) is 6.07 Å². The predicted molar refractivity (Wildman–Crippen MR) is 83.5 cm³/mol. The molecular formula is C14H5Cl2F3N2O2S. The second-order valence-electron chi connectivity index (χ2n) is 4.54. The first kappa shape index (κ1) is 16.9. The molecule has 0 spiro atoms. The standard InChI is InChI=1S/C14H5Cl2F3N2O2S/c15-6-1-2-7(8(16)5-6)12-20-13(23-21-12)10-4-3-9(24-10)11(22)14(17,18)19/h1-5H. The van der Waals surface area contributed by atoms with E-state index in [2.05, 4.69) is 10.1 Å². The van der Waals surface area contributed by atoms with Gasteiger partial charge in [0.2, 0.25) is 5.82 Å². The molecule has 0 saturated heterocycles. The Bertz CT molecular complexity index is 921. The molecule has 2 heterocycles. The molecule has 0 atom stereocenters. The smallest absolute Gasteiger partial charge is 0.333 e. The van der Waals surface area contributed by atoms with Crippen molar-refractivity contribution in [3.63, 3.8) is 0 Å². The molecule has 0 amide bonds. The lowest BCUT2D eigenvalue weighted by atomic mass is 10.2. The first-order chi connectivity index (χ1) is 11.3. The molecule has 0 aliphatic heterocycles. The second-order valence-corrected chi connectivity index (χ2v) is 6.47. The van der Waals surface area contributed by atoms with E-state index in [4.69, 9.17) is 27.7 Å². The lowest BCUT2D eigenvalue weighted by Gasteiger charge is -2.00.